The molecule has 0 radical (unpaired) electrons. The lowest BCUT2D eigenvalue weighted by Crippen LogP contribution is -2.11. The molecular formula is C14H8ClFN2O. The summed E-state index contributed by atoms with van der Waals surface area (Å²) < 4.78 is 12.8. The Hall–Kier alpha value is -2.25. The minimum absolute atomic E-state index is 0.182. The number of carbonyl (C=O) groups excluding carboxylic acids is 1. The monoisotopic (exact) mass is 274 g/mol. The van der Waals surface area contributed by atoms with Gasteiger partial charge in [0.1, 0.15) is 16.9 Å². The lowest BCUT2D eigenvalue weighted by molar-refractivity contribution is 0.0978. The van der Waals surface area contributed by atoms with Crippen LogP contribution in [0.2, 0.25) is 5.15 Å². The third-order valence-electron chi connectivity index (χ3n) is 2.61. The molecule has 5 heteroatoms. The summed E-state index contributed by atoms with van der Waals surface area (Å²) in [5, 5.41) is 9.32. The largest absolute Gasteiger partial charge is 0.292 e. The van der Waals surface area contributed by atoms with Gasteiger partial charge in [0.15, 0.2) is 5.78 Å². The number of pyridine rings is 1. The van der Waals surface area contributed by atoms with Gasteiger partial charge in [-0.25, -0.2) is 9.37 Å². The molecular weight excluding hydrogens is 267 g/mol. The van der Waals surface area contributed by atoms with Crippen LogP contribution in [0.5, 0.6) is 0 Å². The number of halogens is 2. The van der Waals surface area contributed by atoms with Crippen LogP contribution in [-0.2, 0) is 0 Å². The van der Waals surface area contributed by atoms with Crippen molar-refractivity contribution in [2.75, 3.05) is 0 Å². The van der Waals surface area contributed by atoms with E-state index in [2.05, 4.69) is 4.98 Å². The number of aromatic nitrogens is 1. The maximum absolute atomic E-state index is 12.8. The summed E-state index contributed by atoms with van der Waals surface area (Å²) in [5.41, 5.74) is 0.748. The topological polar surface area (TPSA) is 53.8 Å². The van der Waals surface area contributed by atoms with Crippen LogP contribution in [0.3, 0.4) is 0 Å². The minimum Gasteiger partial charge on any atom is -0.292 e. The van der Waals surface area contributed by atoms with Crippen molar-refractivity contribution in [2.24, 2.45) is 0 Å². The van der Waals surface area contributed by atoms with Crippen LogP contribution in [-0.4, -0.2) is 10.8 Å². The first kappa shape index (κ1) is 13.2. The van der Waals surface area contributed by atoms with E-state index in [0.717, 1.165) is 0 Å². The molecule has 0 aliphatic heterocycles. The summed E-state index contributed by atoms with van der Waals surface area (Å²) in [4.78, 5) is 16.0. The molecule has 3 nitrogen and oxygen atoms in total. The van der Waals surface area contributed by atoms with E-state index in [1.165, 1.54) is 42.6 Å². The summed E-state index contributed by atoms with van der Waals surface area (Å²) in [6, 6.07) is 10.1. The van der Waals surface area contributed by atoms with Gasteiger partial charge in [0.2, 0.25) is 0 Å². The number of hydrogen-bond donors (Lipinski definition) is 0. The number of rotatable bonds is 3. The Morgan fingerprint density at radius 2 is 2.00 bits per heavy atom. The van der Waals surface area contributed by atoms with Gasteiger partial charge in [0.25, 0.3) is 0 Å². The molecule has 0 fully saturated rings. The zero-order chi connectivity index (χ0) is 13.8. The predicted molar refractivity (Wildman–Crippen MR) is 68.3 cm³/mol. The van der Waals surface area contributed by atoms with Crippen molar-refractivity contribution in [3.05, 3.63) is 64.7 Å². The van der Waals surface area contributed by atoms with E-state index >= 15 is 0 Å². The normalized spacial score (nSPS) is 11.6. The highest BCUT2D eigenvalue weighted by molar-refractivity contribution is 6.29. The summed E-state index contributed by atoms with van der Waals surface area (Å²) in [5.74, 6) is -1.79. The van der Waals surface area contributed by atoms with E-state index in [0.29, 0.717) is 11.1 Å². The van der Waals surface area contributed by atoms with Crippen LogP contribution in [0.15, 0.2) is 42.6 Å². The van der Waals surface area contributed by atoms with Crippen molar-refractivity contribution >= 4 is 17.4 Å². The zero-order valence-electron chi connectivity index (χ0n) is 9.68. The fourth-order valence-electron chi connectivity index (χ4n) is 1.66. The number of Topliss-reactive ketones (excluding diaryl/α,β-unsaturated/α-hetero) is 1. The smallest absolute Gasteiger partial charge is 0.184 e. The molecule has 0 amide bonds. The molecule has 19 heavy (non-hydrogen) atoms. The molecule has 2 rings (SSSR count). The number of benzene rings is 1. The van der Waals surface area contributed by atoms with Crippen LogP contribution >= 0.6 is 11.6 Å². The molecule has 0 saturated heterocycles. The summed E-state index contributed by atoms with van der Waals surface area (Å²) in [6.07, 6.45) is 1.40. The fraction of sp³-hybridized carbons (Fsp3) is 0.0714. The Balaban J connectivity index is 2.35. The van der Waals surface area contributed by atoms with E-state index in [4.69, 9.17) is 16.9 Å². The number of nitriles is 1. The van der Waals surface area contributed by atoms with Gasteiger partial charge in [0.05, 0.1) is 6.07 Å². The highest BCUT2D eigenvalue weighted by Gasteiger charge is 2.22. The Morgan fingerprint density at radius 1 is 1.32 bits per heavy atom. The Morgan fingerprint density at radius 3 is 2.58 bits per heavy atom. The van der Waals surface area contributed by atoms with E-state index < -0.39 is 17.5 Å². The number of carbonyl (C=O) groups is 1. The SMILES string of the molecule is N#CC(C(=O)c1ccnc(Cl)c1)c1ccc(F)cc1. The van der Waals surface area contributed by atoms with Gasteiger partial charge in [-0.05, 0) is 29.8 Å². The molecule has 2 aromatic rings. The van der Waals surface area contributed by atoms with Gasteiger partial charge < -0.3 is 0 Å². The zero-order valence-corrected chi connectivity index (χ0v) is 10.4. The lowest BCUT2D eigenvalue weighted by atomic mass is 9.92. The molecule has 0 aliphatic carbocycles. The molecule has 0 saturated carbocycles. The van der Waals surface area contributed by atoms with E-state index in [1.54, 1.807) is 0 Å². The van der Waals surface area contributed by atoms with Crippen LogP contribution in [0.4, 0.5) is 4.39 Å². The first-order chi connectivity index (χ1) is 9.11. The first-order valence-corrected chi connectivity index (χ1v) is 5.80. The van der Waals surface area contributed by atoms with E-state index in [-0.39, 0.29) is 5.15 Å². The van der Waals surface area contributed by atoms with Crippen LogP contribution < -0.4 is 0 Å². The van der Waals surface area contributed by atoms with Gasteiger partial charge >= 0.3 is 0 Å². The highest BCUT2D eigenvalue weighted by atomic mass is 35.5. The summed E-state index contributed by atoms with van der Waals surface area (Å²) in [6.45, 7) is 0. The first-order valence-electron chi connectivity index (χ1n) is 5.42. The third-order valence-corrected chi connectivity index (χ3v) is 2.81. The molecule has 1 heterocycles. The van der Waals surface area contributed by atoms with Gasteiger partial charge in [-0.3, -0.25) is 4.79 Å². The standard InChI is InChI=1S/C14H8ClFN2O/c15-13-7-10(5-6-18-13)14(19)12(8-17)9-1-3-11(16)4-2-9/h1-7,12H. The summed E-state index contributed by atoms with van der Waals surface area (Å²) in [7, 11) is 0. The average molecular weight is 275 g/mol. The summed E-state index contributed by atoms with van der Waals surface area (Å²) >= 11 is 5.71. The van der Waals surface area contributed by atoms with Crippen molar-refractivity contribution < 1.29 is 9.18 Å². The van der Waals surface area contributed by atoms with Gasteiger partial charge in [0, 0.05) is 11.8 Å². The maximum atomic E-state index is 12.8. The van der Waals surface area contributed by atoms with E-state index in [1.807, 2.05) is 6.07 Å². The van der Waals surface area contributed by atoms with Crippen molar-refractivity contribution in [3.8, 4) is 6.07 Å². The van der Waals surface area contributed by atoms with Gasteiger partial charge in [-0.2, -0.15) is 5.26 Å². The predicted octanol–water partition coefficient (Wildman–Crippen LogP) is 3.36. The third kappa shape index (κ3) is 2.95. The molecule has 1 aromatic carbocycles. The Labute approximate surface area is 114 Å². The second-order valence-electron chi connectivity index (χ2n) is 3.85. The van der Waals surface area contributed by atoms with Crippen molar-refractivity contribution in [1.82, 2.24) is 4.98 Å². The molecule has 0 spiro atoms. The highest BCUT2D eigenvalue weighted by Crippen LogP contribution is 2.21. The lowest BCUT2D eigenvalue weighted by Gasteiger charge is -2.08. The number of ketones is 1. The maximum Gasteiger partial charge on any atom is 0.184 e. The van der Waals surface area contributed by atoms with Crippen LogP contribution in [0.1, 0.15) is 21.8 Å². The quantitative estimate of drug-likeness (QED) is 0.637. The second-order valence-corrected chi connectivity index (χ2v) is 4.23. The Kier molecular flexibility index (Phi) is 3.88. The molecule has 1 unspecified atom stereocenters. The number of hydrogen-bond acceptors (Lipinski definition) is 3. The molecule has 0 bridgehead atoms. The van der Waals surface area contributed by atoms with Crippen LogP contribution in [0.25, 0.3) is 0 Å². The number of nitrogens with zero attached hydrogens (tertiary/aromatic N) is 2. The van der Waals surface area contributed by atoms with Gasteiger partial charge in [-0.1, -0.05) is 23.7 Å². The average Bonchev–Trinajstić information content (AvgIpc) is 2.41. The molecule has 1 aromatic heterocycles. The van der Waals surface area contributed by atoms with Crippen molar-refractivity contribution in [1.29, 1.82) is 5.26 Å². The molecule has 1 atom stereocenters. The molecule has 0 N–H and O–H groups in total. The minimum atomic E-state index is -0.987. The molecule has 0 aliphatic rings. The fourth-order valence-corrected chi connectivity index (χ4v) is 1.84. The van der Waals surface area contributed by atoms with Crippen LogP contribution in [0, 0.1) is 17.1 Å². The van der Waals surface area contributed by atoms with Crippen molar-refractivity contribution in [2.45, 2.75) is 5.92 Å². The Bertz CT molecular complexity index is 649. The second kappa shape index (κ2) is 5.59. The van der Waals surface area contributed by atoms with E-state index in [9.17, 15) is 9.18 Å². The van der Waals surface area contributed by atoms with Gasteiger partial charge in [-0.15, -0.1) is 0 Å². The van der Waals surface area contributed by atoms with Crippen molar-refractivity contribution in [3.63, 3.8) is 0 Å². The molecule has 94 valence electrons.